The van der Waals surface area contributed by atoms with Crippen LogP contribution < -0.4 is 16.4 Å². The predicted molar refractivity (Wildman–Crippen MR) is 89.2 cm³/mol. The smallest absolute Gasteiger partial charge is 0.227 e. The number of amides is 2. The van der Waals surface area contributed by atoms with Crippen LogP contribution in [0.15, 0.2) is 24.3 Å². The second-order valence-corrected chi connectivity index (χ2v) is 5.86. The molecule has 4 N–H and O–H groups in total. The Hall–Kier alpha value is -1.88. The Morgan fingerprint density at radius 1 is 1.18 bits per heavy atom. The number of rotatable bonds is 7. The van der Waals surface area contributed by atoms with Gasteiger partial charge in [0.05, 0.1) is 0 Å². The number of carbonyl (C=O) groups is 2. The molecule has 1 aromatic carbocycles. The van der Waals surface area contributed by atoms with Crippen molar-refractivity contribution >= 4 is 17.5 Å². The molecular weight excluding hydrogens is 278 g/mol. The molecule has 5 heteroatoms. The van der Waals surface area contributed by atoms with Gasteiger partial charge in [0.25, 0.3) is 0 Å². The molecule has 0 radical (unpaired) electrons. The molecule has 2 amide bonds. The highest BCUT2D eigenvalue weighted by Gasteiger charge is 2.16. The Bertz CT molecular complexity index is 514. The van der Waals surface area contributed by atoms with Gasteiger partial charge in [-0.2, -0.15) is 0 Å². The summed E-state index contributed by atoms with van der Waals surface area (Å²) in [6.07, 6.45) is 0.802. The van der Waals surface area contributed by atoms with E-state index in [1.807, 2.05) is 52.0 Å². The van der Waals surface area contributed by atoms with Crippen LogP contribution in [-0.2, 0) is 16.1 Å². The van der Waals surface area contributed by atoms with Crippen molar-refractivity contribution in [2.45, 2.75) is 46.7 Å². The lowest BCUT2D eigenvalue weighted by Crippen LogP contribution is -2.38. The zero-order chi connectivity index (χ0) is 16.7. The molecule has 0 heterocycles. The van der Waals surface area contributed by atoms with Crippen molar-refractivity contribution in [1.82, 2.24) is 5.32 Å². The Kier molecular flexibility index (Phi) is 7.05. The highest BCUT2D eigenvalue weighted by Crippen LogP contribution is 2.13. The van der Waals surface area contributed by atoms with Crippen molar-refractivity contribution in [2.75, 3.05) is 5.32 Å². The van der Waals surface area contributed by atoms with E-state index in [2.05, 4.69) is 10.6 Å². The number of hydrogen-bond donors (Lipinski definition) is 3. The van der Waals surface area contributed by atoms with Gasteiger partial charge in [-0.15, -0.1) is 0 Å². The summed E-state index contributed by atoms with van der Waals surface area (Å²) in [6, 6.07) is 7.31. The first kappa shape index (κ1) is 18.2. The summed E-state index contributed by atoms with van der Waals surface area (Å²) < 4.78 is 0. The van der Waals surface area contributed by atoms with Crippen LogP contribution in [-0.4, -0.2) is 17.9 Å². The largest absolute Gasteiger partial charge is 0.352 e. The molecule has 0 aliphatic heterocycles. The molecule has 0 aromatic heterocycles. The van der Waals surface area contributed by atoms with E-state index >= 15 is 0 Å². The Balaban J connectivity index is 2.61. The second kappa shape index (κ2) is 8.54. The monoisotopic (exact) mass is 305 g/mol. The molecule has 1 aromatic rings. The first-order valence-corrected chi connectivity index (χ1v) is 7.78. The molecule has 0 spiro atoms. The van der Waals surface area contributed by atoms with Crippen molar-refractivity contribution < 1.29 is 9.59 Å². The summed E-state index contributed by atoms with van der Waals surface area (Å²) in [6.45, 7) is 7.92. The van der Waals surface area contributed by atoms with E-state index in [1.165, 1.54) is 0 Å². The van der Waals surface area contributed by atoms with E-state index in [4.69, 9.17) is 5.73 Å². The second-order valence-electron chi connectivity index (χ2n) is 5.86. The molecule has 3 unspecified atom stereocenters. The van der Waals surface area contributed by atoms with Crippen molar-refractivity contribution in [2.24, 2.45) is 17.6 Å². The lowest BCUT2D eigenvalue weighted by atomic mass is 10.0. The van der Waals surface area contributed by atoms with E-state index in [0.29, 0.717) is 6.54 Å². The lowest BCUT2D eigenvalue weighted by Gasteiger charge is -2.16. The van der Waals surface area contributed by atoms with Gasteiger partial charge in [0, 0.05) is 30.1 Å². The van der Waals surface area contributed by atoms with Crippen LogP contribution >= 0.6 is 0 Å². The molecule has 5 nitrogen and oxygen atoms in total. The molecular formula is C17H27N3O2. The van der Waals surface area contributed by atoms with Gasteiger partial charge >= 0.3 is 0 Å². The summed E-state index contributed by atoms with van der Waals surface area (Å²) in [7, 11) is 0. The fourth-order valence-corrected chi connectivity index (χ4v) is 1.80. The summed E-state index contributed by atoms with van der Waals surface area (Å²) in [4.78, 5) is 23.8. The minimum atomic E-state index is -0.228. The van der Waals surface area contributed by atoms with Gasteiger partial charge in [-0.05, 0) is 31.0 Å². The molecule has 0 saturated heterocycles. The average Bonchev–Trinajstić information content (AvgIpc) is 2.51. The van der Waals surface area contributed by atoms with Crippen LogP contribution in [0.5, 0.6) is 0 Å². The predicted octanol–water partition coefficient (Wildman–Crippen LogP) is 2.27. The van der Waals surface area contributed by atoms with Crippen LogP contribution in [0.1, 0.15) is 39.7 Å². The standard InChI is InChI=1S/C17H27N3O2/c1-5-11(2)16(21)20-15-8-6-7-14(9-15)10-19-17(22)12(3)13(4)18/h6-9,11-13H,5,10,18H2,1-4H3,(H,19,22)(H,20,21). The third-order valence-electron chi connectivity index (χ3n) is 3.92. The van der Waals surface area contributed by atoms with Gasteiger partial charge in [0.2, 0.25) is 11.8 Å². The van der Waals surface area contributed by atoms with E-state index in [9.17, 15) is 9.59 Å². The summed E-state index contributed by atoms with van der Waals surface area (Å²) in [5.41, 5.74) is 7.40. The number of hydrogen-bond acceptors (Lipinski definition) is 3. The van der Waals surface area contributed by atoms with Crippen LogP contribution in [0, 0.1) is 11.8 Å². The highest BCUT2D eigenvalue weighted by atomic mass is 16.2. The van der Waals surface area contributed by atoms with Gasteiger partial charge in [0.15, 0.2) is 0 Å². The fourth-order valence-electron chi connectivity index (χ4n) is 1.80. The molecule has 3 atom stereocenters. The minimum Gasteiger partial charge on any atom is -0.352 e. The summed E-state index contributed by atoms with van der Waals surface area (Å²) in [5.74, 6) is -0.304. The van der Waals surface area contributed by atoms with Crippen LogP contribution in [0.3, 0.4) is 0 Å². The summed E-state index contributed by atoms with van der Waals surface area (Å²) in [5, 5.41) is 5.75. The van der Waals surface area contributed by atoms with Crippen molar-refractivity contribution in [1.29, 1.82) is 0 Å². The Labute approximate surface area is 132 Å². The van der Waals surface area contributed by atoms with Gasteiger partial charge < -0.3 is 16.4 Å². The maximum absolute atomic E-state index is 11.9. The van der Waals surface area contributed by atoms with Gasteiger partial charge in [-0.25, -0.2) is 0 Å². The van der Waals surface area contributed by atoms with Gasteiger partial charge in [-0.3, -0.25) is 9.59 Å². The Morgan fingerprint density at radius 2 is 1.86 bits per heavy atom. The molecule has 22 heavy (non-hydrogen) atoms. The average molecular weight is 305 g/mol. The number of benzene rings is 1. The van der Waals surface area contributed by atoms with Crippen molar-refractivity contribution in [3.05, 3.63) is 29.8 Å². The normalized spacial score (nSPS) is 14.8. The van der Waals surface area contributed by atoms with Crippen LogP contribution in [0.2, 0.25) is 0 Å². The highest BCUT2D eigenvalue weighted by molar-refractivity contribution is 5.92. The van der Waals surface area contributed by atoms with Crippen LogP contribution in [0.4, 0.5) is 5.69 Å². The Morgan fingerprint density at radius 3 is 2.45 bits per heavy atom. The van der Waals surface area contributed by atoms with E-state index in [0.717, 1.165) is 17.7 Å². The molecule has 0 bridgehead atoms. The van der Waals surface area contributed by atoms with Crippen molar-refractivity contribution in [3.8, 4) is 0 Å². The van der Waals surface area contributed by atoms with Crippen molar-refractivity contribution in [3.63, 3.8) is 0 Å². The SMILES string of the molecule is CCC(C)C(=O)Nc1cccc(CNC(=O)C(C)C(C)N)c1. The first-order chi connectivity index (χ1) is 10.3. The number of anilines is 1. The topological polar surface area (TPSA) is 84.2 Å². The molecule has 0 aliphatic carbocycles. The third kappa shape index (κ3) is 5.48. The maximum Gasteiger partial charge on any atom is 0.227 e. The zero-order valence-corrected chi connectivity index (χ0v) is 13.8. The van der Waals surface area contributed by atoms with Gasteiger partial charge in [-0.1, -0.05) is 32.9 Å². The third-order valence-corrected chi connectivity index (χ3v) is 3.92. The lowest BCUT2D eigenvalue weighted by molar-refractivity contribution is -0.125. The minimum absolute atomic E-state index is 0.00858. The van der Waals surface area contributed by atoms with Crippen LogP contribution in [0.25, 0.3) is 0 Å². The van der Waals surface area contributed by atoms with E-state index < -0.39 is 0 Å². The molecule has 0 aliphatic rings. The quantitative estimate of drug-likeness (QED) is 0.722. The molecule has 122 valence electrons. The zero-order valence-electron chi connectivity index (χ0n) is 13.8. The maximum atomic E-state index is 11.9. The number of carbonyl (C=O) groups excluding carboxylic acids is 2. The fraction of sp³-hybridized carbons (Fsp3) is 0.529. The number of nitrogens with one attached hydrogen (secondary N) is 2. The van der Waals surface area contributed by atoms with Gasteiger partial charge in [0.1, 0.15) is 0 Å². The first-order valence-electron chi connectivity index (χ1n) is 7.78. The molecule has 0 fully saturated rings. The molecule has 0 saturated carbocycles. The van der Waals surface area contributed by atoms with E-state index in [-0.39, 0.29) is 29.7 Å². The summed E-state index contributed by atoms with van der Waals surface area (Å²) >= 11 is 0. The number of nitrogens with two attached hydrogens (primary N) is 1. The van der Waals surface area contributed by atoms with E-state index in [1.54, 1.807) is 0 Å². The molecule has 1 rings (SSSR count).